The van der Waals surface area contributed by atoms with Crippen molar-refractivity contribution in [3.63, 3.8) is 0 Å². The number of H-pyrrole nitrogens is 1. The Bertz CT molecular complexity index is 1230. The fourth-order valence-electron chi connectivity index (χ4n) is 3.91. The molecule has 1 aliphatic heterocycles. The normalized spacial score (nSPS) is 15.5. The van der Waals surface area contributed by atoms with Crippen LogP contribution in [0.2, 0.25) is 0 Å². The van der Waals surface area contributed by atoms with E-state index in [1.54, 1.807) is 29.2 Å². The Morgan fingerprint density at radius 3 is 2.10 bits per heavy atom. The Morgan fingerprint density at radius 2 is 1.47 bits per heavy atom. The summed E-state index contributed by atoms with van der Waals surface area (Å²) in [4.78, 5) is 14.9. The smallest absolute Gasteiger partial charge is 0.277 e. The highest BCUT2D eigenvalue weighted by molar-refractivity contribution is 6.11. The van der Waals surface area contributed by atoms with Crippen LogP contribution in [0.4, 0.5) is 14.5 Å². The summed E-state index contributed by atoms with van der Waals surface area (Å²) in [5.74, 6) is -1.01. The van der Waals surface area contributed by atoms with Gasteiger partial charge in [-0.25, -0.2) is 8.78 Å². The molecule has 0 fully saturated rings. The van der Waals surface area contributed by atoms with Gasteiger partial charge in [0, 0.05) is 16.8 Å². The van der Waals surface area contributed by atoms with E-state index in [4.69, 9.17) is 0 Å². The van der Waals surface area contributed by atoms with Crippen LogP contribution in [0.5, 0.6) is 0 Å². The molecule has 148 valence electrons. The number of benzene rings is 3. The number of anilines is 1. The van der Waals surface area contributed by atoms with Crippen molar-refractivity contribution in [3.05, 3.63) is 107 Å². The number of rotatable bonds is 3. The largest absolute Gasteiger partial charge is 0.295 e. The molecule has 0 bridgehead atoms. The maximum Gasteiger partial charge on any atom is 0.277 e. The summed E-state index contributed by atoms with van der Waals surface area (Å²) in [6, 6.07) is 19.2. The van der Waals surface area contributed by atoms with Gasteiger partial charge in [0.25, 0.3) is 5.91 Å². The quantitative estimate of drug-likeness (QED) is 0.499. The number of carbonyl (C=O) groups excluding carboxylic acids is 1. The molecule has 0 radical (unpaired) electrons. The number of amides is 1. The first kappa shape index (κ1) is 18.2. The first-order valence-corrected chi connectivity index (χ1v) is 9.53. The van der Waals surface area contributed by atoms with Gasteiger partial charge in [-0.3, -0.25) is 14.8 Å². The molecule has 0 unspecified atom stereocenters. The Balaban J connectivity index is 1.71. The van der Waals surface area contributed by atoms with Gasteiger partial charge in [-0.05, 0) is 48.9 Å². The SMILES string of the molecule is Cc1ccc(-c2n[nH]c3c2[C@@H](c2ccc(F)cc2)N(c2ccc(F)cc2)C3=O)cc1. The third-order valence-electron chi connectivity index (χ3n) is 5.38. The summed E-state index contributed by atoms with van der Waals surface area (Å²) in [7, 11) is 0. The second-order valence-electron chi connectivity index (χ2n) is 7.33. The minimum absolute atomic E-state index is 0.267. The van der Waals surface area contributed by atoms with Gasteiger partial charge in [-0.2, -0.15) is 5.10 Å². The molecule has 1 atom stereocenters. The fourth-order valence-corrected chi connectivity index (χ4v) is 3.91. The second kappa shape index (κ2) is 6.91. The van der Waals surface area contributed by atoms with Crippen molar-refractivity contribution < 1.29 is 13.6 Å². The highest BCUT2D eigenvalue weighted by atomic mass is 19.1. The van der Waals surface area contributed by atoms with Crippen molar-refractivity contribution >= 4 is 11.6 Å². The van der Waals surface area contributed by atoms with Gasteiger partial charge in [-0.15, -0.1) is 0 Å². The van der Waals surface area contributed by atoms with Gasteiger partial charge in [-0.1, -0.05) is 42.0 Å². The minimum atomic E-state index is -0.520. The molecule has 1 amide bonds. The standard InChI is InChI=1S/C24H17F2N3O/c1-14-2-4-15(5-3-14)21-20-22(28-27-21)24(30)29(19-12-10-18(26)11-13-19)23(20)16-6-8-17(25)9-7-16/h2-13,23H,1H3,(H,27,28)/t23-/m1/s1. The molecule has 4 nitrogen and oxygen atoms in total. The molecule has 2 heterocycles. The van der Waals surface area contributed by atoms with Gasteiger partial charge < -0.3 is 0 Å². The van der Waals surface area contributed by atoms with Crippen molar-refractivity contribution in [1.82, 2.24) is 10.2 Å². The van der Waals surface area contributed by atoms with Gasteiger partial charge in [0.2, 0.25) is 0 Å². The van der Waals surface area contributed by atoms with E-state index < -0.39 is 6.04 Å². The predicted octanol–water partition coefficient (Wildman–Crippen LogP) is 5.41. The molecule has 0 saturated carbocycles. The van der Waals surface area contributed by atoms with E-state index in [-0.39, 0.29) is 17.5 Å². The number of fused-ring (bicyclic) bond motifs is 1. The van der Waals surface area contributed by atoms with Gasteiger partial charge in [0.1, 0.15) is 17.3 Å². The third kappa shape index (κ3) is 2.88. The zero-order valence-corrected chi connectivity index (χ0v) is 16.1. The molecule has 5 rings (SSSR count). The molecular formula is C24H17F2N3O. The average Bonchev–Trinajstić information content (AvgIpc) is 3.29. The molecule has 3 aromatic carbocycles. The number of aryl methyl sites for hydroxylation is 1. The number of hydrogen-bond acceptors (Lipinski definition) is 2. The summed E-state index contributed by atoms with van der Waals surface area (Å²) in [5, 5.41) is 7.30. The van der Waals surface area contributed by atoms with Gasteiger partial charge in [0.05, 0.1) is 11.7 Å². The van der Waals surface area contributed by atoms with Crippen molar-refractivity contribution in [2.24, 2.45) is 0 Å². The van der Waals surface area contributed by atoms with Crippen molar-refractivity contribution in [2.45, 2.75) is 13.0 Å². The molecule has 30 heavy (non-hydrogen) atoms. The molecule has 1 aromatic heterocycles. The number of aromatic nitrogens is 2. The first-order chi connectivity index (χ1) is 14.5. The third-order valence-corrected chi connectivity index (χ3v) is 5.38. The van der Waals surface area contributed by atoms with E-state index >= 15 is 0 Å². The van der Waals surface area contributed by atoms with E-state index in [1.165, 1.54) is 24.3 Å². The minimum Gasteiger partial charge on any atom is -0.295 e. The van der Waals surface area contributed by atoms with Crippen LogP contribution in [0.25, 0.3) is 11.3 Å². The summed E-state index contributed by atoms with van der Waals surface area (Å²) in [6.45, 7) is 2.00. The lowest BCUT2D eigenvalue weighted by Gasteiger charge is -2.26. The Hall–Kier alpha value is -3.80. The zero-order chi connectivity index (χ0) is 20.8. The molecule has 0 saturated heterocycles. The highest BCUT2D eigenvalue weighted by Crippen LogP contribution is 2.45. The van der Waals surface area contributed by atoms with Crippen LogP contribution in [0.3, 0.4) is 0 Å². The lowest BCUT2D eigenvalue weighted by atomic mass is 9.95. The maximum atomic E-state index is 13.6. The molecule has 4 aromatic rings. The molecule has 6 heteroatoms. The first-order valence-electron chi connectivity index (χ1n) is 9.53. The predicted molar refractivity (Wildman–Crippen MR) is 110 cm³/mol. The zero-order valence-electron chi connectivity index (χ0n) is 16.1. The van der Waals surface area contributed by atoms with Crippen molar-refractivity contribution in [3.8, 4) is 11.3 Å². The van der Waals surface area contributed by atoms with Crippen LogP contribution in [0.15, 0.2) is 72.8 Å². The van der Waals surface area contributed by atoms with E-state index in [9.17, 15) is 13.6 Å². The van der Waals surface area contributed by atoms with E-state index in [2.05, 4.69) is 10.2 Å². The lowest BCUT2D eigenvalue weighted by molar-refractivity contribution is 0.0988. The fraction of sp³-hybridized carbons (Fsp3) is 0.0833. The Morgan fingerprint density at radius 1 is 0.867 bits per heavy atom. The molecule has 1 N–H and O–H groups in total. The Kier molecular flexibility index (Phi) is 4.20. The van der Waals surface area contributed by atoms with E-state index in [0.29, 0.717) is 17.1 Å². The molecule has 0 spiro atoms. The number of nitrogens with zero attached hydrogens (tertiary/aromatic N) is 2. The van der Waals surface area contributed by atoms with Crippen LogP contribution >= 0.6 is 0 Å². The molecular weight excluding hydrogens is 384 g/mol. The van der Waals surface area contributed by atoms with Crippen LogP contribution in [-0.2, 0) is 0 Å². The van der Waals surface area contributed by atoms with Crippen molar-refractivity contribution in [2.75, 3.05) is 4.90 Å². The maximum absolute atomic E-state index is 13.6. The van der Waals surface area contributed by atoms with Crippen LogP contribution < -0.4 is 4.90 Å². The van der Waals surface area contributed by atoms with E-state index in [1.807, 2.05) is 31.2 Å². The van der Waals surface area contributed by atoms with Gasteiger partial charge >= 0.3 is 0 Å². The number of nitrogens with one attached hydrogen (secondary N) is 1. The summed E-state index contributed by atoms with van der Waals surface area (Å²) in [6.07, 6.45) is 0. The van der Waals surface area contributed by atoms with Crippen LogP contribution in [-0.4, -0.2) is 16.1 Å². The number of aromatic amines is 1. The van der Waals surface area contributed by atoms with Crippen LogP contribution in [0.1, 0.15) is 33.2 Å². The van der Waals surface area contributed by atoms with Gasteiger partial charge in [0.15, 0.2) is 0 Å². The highest BCUT2D eigenvalue weighted by Gasteiger charge is 2.43. The summed E-state index contributed by atoms with van der Waals surface area (Å²) >= 11 is 0. The average molecular weight is 401 g/mol. The molecule has 1 aliphatic rings. The number of carbonyl (C=O) groups is 1. The second-order valence-corrected chi connectivity index (χ2v) is 7.33. The lowest BCUT2D eigenvalue weighted by Crippen LogP contribution is -2.29. The summed E-state index contributed by atoms with van der Waals surface area (Å²) < 4.78 is 27.1. The number of halogens is 2. The Labute approximate surface area is 171 Å². The van der Waals surface area contributed by atoms with E-state index in [0.717, 1.165) is 22.3 Å². The number of hydrogen-bond donors (Lipinski definition) is 1. The van der Waals surface area contributed by atoms with Crippen LogP contribution in [0, 0.1) is 18.6 Å². The topological polar surface area (TPSA) is 49.0 Å². The monoisotopic (exact) mass is 401 g/mol. The molecule has 0 aliphatic carbocycles. The summed E-state index contributed by atoms with van der Waals surface area (Å²) in [5.41, 5.74) is 5.04. The van der Waals surface area contributed by atoms with Crippen molar-refractivity contribution in [1.29, 1.82) is 0 Å².